The standard InChI is InChI=1S/C24H25FN6O4S/c1-13-20(28-10-18(29-13)35-11-19-27-6-7-34-19)21(32)30-14-4-5-16(25)15(8-14)23(2)17-9-24(17,12-33-3)36-22(26)31-23/h4-8,10,17H,9,11-12H2,1-3H3,(H2,26,31)(H,30,32)/t17-,23-,24+/m0/s1. The van der Waals surface area contributed by atoms with Gasteiger partial charge in [-0.2, -0.15) is 0 Å². The highest BCUT2D eigenvalue weighted by atomic mass is 32.2. The second-order valence-corrected chi connectivity index (χ2v) is 10.4. The summed E-state index contributed by atoms with van der Waals surface area (Å²) >= 11 is 1.48. The van der Waals surface area contributed by atoms with Crippen LogP contribution in [-0.4, -0.2) is 44.5 Å². The van der Waals surface area contributed by atoms with Crippen molar-refractivity contribution in [1.29, 1.82) is 0 Å². The van der Waals surface area contributed by atoms with Gasteiger partial charge in [-0.1, -0.05) is 11.8 Å². The van der Waals surface area contributed by atoms with E-state index in [1.54, 1.807) is 20.1 Å². The van der Waals surface area contributed by atoms with Gasteiger partial charge in [0.1, 0.15) is 17.8 Å². The number of carbonyl (C=O) groups excluding carboxylic acids is 1. The Kier molecular flexibility index (Phi) is 6.17. The third-order valence-corrected chi connectivity index (χ3v) is 7.75. The van der Waals surface area contributed by atoms with Crippen LogP contribution in [0.2, 0.25) is 0 Å². The van der Waals surface area contributed by atoms with Crippen LogP contribution in [0.5, 0.6) is 5.88 Å². The second-order valence-electron chi connectivity index (χ2n) is 8.96. The van der Waals surface area contributed by atoms with Crippen molar-refractivity contribution in [3.8, 4) is 5.88 Å². The maximum absolute atomic E-state index is 15.1. The van der Waals surface area contributed by atoms with Gasteiger partial charge in [-0.05, 0) is 38.5 Å². The van der Waals surface area contributed by atoms with Crippen molar-refractivity contribution in [1.82, 2.24) is 15.0 Å². The van der Waals surface area contributed by atoms with E-state index in [1.165, 1.54) is 42.6 Å². The van der Waals surface area contributed by atoms with E-state index in [4.69, 9.17) is 19.6 Å². The summed E-state index contributed by atoms with van der Waals surface area (Å²) < 4.78 is 30.9. The molecule has 2 aromatic heterocycles. The predicted octanol–water partition coefficient (Wildman–Crippen LogP) is 3.43. The van der Waals surface area contributed by atoms with Gasteiger partial charge in [0.2, 0.25) is 11.8 Å². The van der Waals surface area contributed by atoms with Gasteiger partial charge in [-0.3, -0.25) is 9.79 Å². The molecule has 1 fully saturated rings. The predicted molar refractivity (Wildman–Crippen MR) is 131 cm³/mol. The molecule has 0 unspecified atom stereocenters. The van der Waals surface area contributed by atoms with Crippen LogP contribution in [0, 0.1) is 18.7 Å². The number of anilines is 1. The van der Waals surface area contributed by atoms with Gasteiger partial charge < -0.3 is 24.9 Å². The molecular formula is C24H25FN6O4S. The monoisotopic (exact) mass is 512 g/mol. The third-order valence-electron chi connectivity index (χ3n) is 6.48. The Hall–Kier alpha value is -3.51. The van der Waals surface area contributed by atoms with Gasteiger partial charge in [0, 0.05) is 24.3 Å². The molecule has 3 heterocycles. The molecule has 188 valence electrons. The quantitative estimate of drug-likeness (QED) is 0.465. The van der Waals surface area contributed by atoms with Crippen LogP contribution < -0.4 is 15.8 Å². The molecule has 1 aliphatic carbocycles. The van der Waals surface area contributed by atoms with E-state index >= 15 is 4.39 Å². The molecular weight excluding hydrogens is 487 g/mol. The Morgan fingerprint density at radius 1 is 1.39 bits per heavy atom. The Morgan fingerprint density at radius 2 is 2.22 bits per heavy atom. The minimum absolute atomic E-state index is 0.0553. The van der Waals surface area contributed by atoms with E-state index in [1.807, 2.05) is 6.92 Å². The number of thioether (sulfide) groups is 1. The first-order valence-corrected chi connectivity index (χ1v) is 12.1. The lowest BCUT2D eigenvalue weighted by Crippen LogP contribution is -2.37. The normalized spacial score (nSPS) is 24.6. The van der Waals surface area contributed by atoms with Crippen LogP contribution in [0.3, 0.4) is 0 Å². The van der Waals surface area contributed by atoms with Gasteiger partial charge in [-0.15, -0.1) is 0 Å². The summed E-state index contributed by atoms with van der Waals surface area (Å²) in [5, 5.41) is 3.18. The molecule has 0 radical (unpaired) electrons. The molecule has 0 bridgehead atoms. The first kappa shape index (κ1) is 24.2. The third kappa shape index (κ3) is 4.42. The van der Waals surface area contributed by atoms with E-state index in [2.05, 4.69) is 25.3 Å². The molecule has 1 aromatic carbocycles. The molecule has 10 nitrogen and oxygen atoms in total. The largest absolute Gasteiger partial charge is 0.467 e. The summed E-state index contributed by atoms with van der Waals surface area (Å²) in [6.07, 6.45) is 5.11. The van der Waals surface area contributed by atoms with Crippen molar-refractivity contribution in [2.24, 2.45) is 16.6 Å². The zero-order valence-corrected chi connectivity index (χ0v) is 20.8. The van der Waals surface area contributed by atoms with Crippen molar-refractivity contribution >= 4 is 28.5 Å². The number of amides is 1. The SMILES string of the molecule is COC[C@]12C[C@H]1[C@](C)(c1cc(NC(=O)c3ncc(OCc4ncco4)nc3C)ccc1F)N=C(N)S2. The number of carbonyl (C=O) groups is 1. The molecule has 3 N–H and O–H groups in total. The number of hydrogen-bond acceptors (Lipinski definition) is 10. The van der Waals surface area contributed by atoms with Gasteiger partial charge >= 0.3 is 0 Å². The minimum Gasteiger partial charge on any atom is -0.467 e. The number of amidine groups is 1. The number of nitrogens with two attached hydrogens (primary N) is 1. The van der Waals surface area contributed by atoms with Crippen molar-refractivity contribution < 1.29 is 23.1 Å². The number of nitrogens with one attached hydrogen (secondary N) is 1. The van der Waals surface area contributed by atoms with Crippen LogP contribution in [0.4, 0.5) is 10.1 Å². The van der Waals surface area contributed by atoms with Crippen molar-refractivity contribution in [2.45, 2.75) is 37.2 Å². The molecule has 0 saturated heterocycles. The number of benzene rings is 1. The highest BCUT2D eigenvalue weighted by molar-refractivity contribution is 8.15. The number of hydrogen-bond donors (Lipinski definition) is 2. The highest BCUT2D eigenvalue weighted by Gasteiger charge is 2.66. The smallest absolute Gasteiger partial charge is 0.276 e. The van der Waals surface area contributed by atoms with E-state index < -0.39 is 17.3 Å². The van der Waals surface area contributed by atoms with E-state index in [9.17, 15) is 4.79 Å². The van der Waals surface area contributed by atoms with E-state index in [0.717, 1.165) is 6.42 Å². The summed E-state index contributed by atoms with van der Waals surface area (Å²) in [6, 6.07) is 4.42. The number of aromatic nitrogens is 3. The molecule has 1 aliphatic heterocycles. The molecule has 5 rings (SSSR count). The van der Waals surface area contributed by atoms with Gasteiger partial charge in [0.15, 0.2) is 11.8 Å². The Bertz CT molecular complexity index is 1340. The first-order chi connectivity index (χ1) is 17.2. The van der Waals surface area contributed by atoms with Crippen molar-refractivity contribution in [3.05, 3.63) is 65.5 Å². The van der Waals surface area contributed by atoms with Crippen molar-refractivity contribution in [2.75, 3.05) is 19.0 Å². The summed E-state index contributed by atoms with van der Waals surface area (Å²) in [6.45, 7) is 4.11. The molecule has 1 saturated carbocycles. The van der Waals surface area contributed by atoms with Crippen LogP contribution in [0.25, 0.3) is 0 Å². The number of oxazole rings is 1. The minimum atomic E-state index is -0.879. The fraction of sp³-hybridized carbons (Fsp3) is 0.375. The number of fused-ring (bicyclic) bond motifs is 1. The summed E-state index contributed by atoms with van der Waals surface area (Å²) in [5.41, 5.74) is 6.52. The van der Waals surface area contributed by atoms with Gasteiger partial charge in [0.25, 0.3) is 5.91 Å². The lowest BCUT2D eigenvalue weighted by Gasteiger charge is -2.34. The average molecular weight is 513 g/mol. The number of ether oxygens (including phenoxy) is 2. The summed E-state index contributed by atoms with van der Waals surface area (Å²) in [4.78, 5) is 30.0. The number of aliphatic imine (C=N–C) groups is 1. The van der Waals surface area contributed by atoms with Crippen LogP contribution in [0.15, 0.2) is 46.3 Å². The fourth-order valence-corrected chi connectivity index (χ4v) is 6.17. The molecule has 3 atom stereocenters. The van der Waals surface area contributed by atoms with Crippen LogP contribution in [-0.2, 0) is 16.9 Å². The maximum Gasteiger partial charge on any atom is 0.276 e. The number of aryl methyl sites for hydroxylation is 1. The number of nitrogens with zero attached hydrogens (tertiary/aromatic N) is 4. The van der Waals surface area contributed by atoms with E-state index in [0.29, 0.717) is 34.6 Å². The van der Waals surface area contributed by atoms with Crippen molar-refractivity contribution in [3.63, 3.8) is 0 Å². The zero-order valence-electron chi connectivity index (χ0n) is 19.9. The molecule has 3 aromatic rings. The number of rotatable bonds is 8. The molecule has 36 heavy (non-hydrogen) atoms. The number of halogens is 1. The zero-order chi connectivity index (χ0) is 25.5. The Morgan fingerprint density at radius 3 is 2.94 bits per heavy atom. The molecule has 0 spiro atoms. The highest BCUT2D eigenvalue weighted by Crippen LogP contribution is 2.66. The topological polar surface area (TPSA) is 138 Å². The van der Waals surface area contributed by atoms with Gasteiger partial charge in [-0.25, -0.2) is 19.3 Å². The van der Waals surface area contributed by atoms with Crippen LogP contribution >= 0.6 is 11.8 Å². The summed E-state index contributed by atoms with van der Waals surface area (Å²) in [5.74, 6) is -0.219. The summed E-state index contributed by atoms with van der Waals surface area (Å²) in [7, 11) is 1.64. The fourth-order valence-electron chi connectivity index (χ4n) is 4.72. The molecule has 1 amide bonds. The lowest BCUT2D eigenvalue weighted by molar-refractivity contribution is 0.102. The second kappa shape index (κ2) is 9.17. The molecule has 2 aliphatic rings. The van der Waals surface area contributed by atoms with E-state index in [-0.39, 0.29) is 28.8 Å². The Labute approximate surface area is 210 Å². The van der Waals surface area contributed by atoms with Gasteiger partial charge in [0.05, 0.1) is 35.0 Å². The molecule has 12 heteroatoms. The van der Waals surface area contributed by atoms with Crippen LogP contribution in [0.1, 0.15) is 41.0 Å². The number of methoxy groups -OCH3 is 1. The Balaban J connectivity index is 1.34. The lowest BCUT2D eigenvalue weighted by atomic mass is 9.85. The first-order valence-electron chi connectivity index (χ1n) is 11.2. The average Bonchev–Trinajstić information content (AvgIpc) is 3.31. The maximum atomic E-state index is 15.1.